The maximum Gasteiger partial charge on any atom is 0.228 e. The van der Waals surface area contributed by atoms with E-state index in [4.69, 9.17) is 0 Å². The number of nitrogens with zero attached hydrogens (tertiary/aromatic N) is 1. The van der Waals surface area contributed by atoms with Crippen LogP contribution in [-0.4, -0.2) is 22.5 Å². The van der Waals surface area contributed by atoms with E-state index in [1.54, 1.807) is 12.1 Å². The van der Waals surface area contributed by atoms with Crippen molar-refractivity contribution in [1.29, 1.82) is 0 Å². The number of hydrogen-bond donors (Lipinski definition) is 1. The number of benzene rings is 4. The second-order valence-corrected chi connectivity index (χ2v) is 9.98. The highest BCUT2D eigenvalue weighted by Gasteiger charge is 2.22. The standard InChI is InChI=1S/C22H16N2O.C7H8O3S/c25-22-16-10-4-6-12-19(16)24-20-13-7-5-11-17(20)23-18(21(22)24)14-15-8-2-1-3-9-15;1-6-2-4-7(5-3-6)11(8,9)10/h1-13,25H,14H2;2-5H,1H3,(H,8,9,10). The Morgan fingerprint density at radius 2 is 1.42 bits per heavy atom. The van der Waals surface area contributed by atoms with Gasteiger partial charge in [0, 0.05) is 11.5 Å². The van der Waals surface area contributed by atoms with Crippen molar-refractivity contribution in [3.63, 3.8) is 0 Å². The number of rotatable bonds is 3. The molecule has 2 heterocycles. The van der Waals surface area contributed by atoms with Gasteiger partial charge in [-0.05, 0) is 42.8 Å². The number of aromatic hydroxyl groups is 1. The molecule has 0 aliphatic carbocycles. The van der Waals surface area contributed by atoms with Crippen LogP contribution >= 0.6 is 0 Å². The third kappa shape index (κ3) is 4.54. The molecule has 2 N–H and O–H groups in total. The number of para-hydroxylation sites is 3. The van der Waals surface area contributed by atoms with E-state index in [9.17, 15) is 18.1 Å². The lowest BCUT2D eigenvalue weighted by Gasteiger charge is -2.05. The van der Waals surface area contributed by atoms with Gasteiger partial charge >= 0.3 is 0 Å². The highest BCUT2D eigenvalue weighted by molar-refractivity contribution is 7.85. The molecule has 0 spiro atoms. The summed E-state index contributed by atoms with van der Waals surface area (Å²) in [5.41, 5.74) is 7.14. The van der Waals surface area contributed by atoms with Crippen LogP contribution in [0.15, 0.2) is 108 Å². The van der Waals surface area contributed by atoms with Crippen LogP contribution in [0.4, 0.5) is 0 Å². The summed E-state index contributed by atoms with van der Waals surface area (Å²) in [6.07, 6.45) is 0.735. The molecular formula is C29H24N2O4S. The zero-order valence-corrected chi connectivity index (χ0v) is 20.4. The van der Waals surface area contributed by atoms with Crippen LogP contribution in [0.5, 0.6) is 5.75 Å². The van der Waals surface area contributed by atoms with Crippen molar-refractivity contribution in [2.24, 2.45) is 0 Å². The molecule has 6 aromatic rings. The molecule has 0 bridgehead atoms. The van der Waals surface area contributed by atoms with Crippen molar-refractivity contribution in [3.8, 4) is 5.75 Å². The predicted molar refractivity (Wildman–Crippen MR) is 139 cm³/mol. The summed E-state index contributed by atoms with van der Waals surface area (Å²) in [7, 11) is -4.27. The highest BCUT2D eigenvalue weighted by Crippen LogP contribution is 2.35. The van der Waals surface area contributed by atoms with Gasteiger partial charge in [-0.15, -0.1) is 0 Å². The van der Waals surface area contributed by atoms with Crippen LogP contribution in [-0.2, 0) is 16.5 Å². The second-order valence-electron chi connectivity index (χ2n) is 8.60. The molecule has 0 atom stereocenters. The van der Waals surface area contributed by atoms with Gasteiger partial charge in [-0.3, -0.25) is 4.40 Å². The lowest BCUT2D eigenvalue weighted by Crippen LogP contribution is -2.16. The minimum absolute atomic E-state index is 0.178. The summed E-state index contributed by atoms with van der Waals surface area (Å²) in [5.74, 6) is 0.337. The van der Waals surface area contributed by atoms with Gasteiger partial charge in [-0.1, -0.05) is 72.3 Å². The van der Waals surface area contributed by atoms with Crippen LogP contribution in [0.25, 0.3) is 27.5 Å². The lowest BCUT2D eigenvalue weighted by atomic mass is 10.1. The normalized spacial score (nSPS) is 11.5. The van der Waals surface area contributed by atoms with Crippen LogP contribution < -0.4 is 4.98 Å². The van der Waals surface area contributed by atoms with E-state index in [0.717, 1.165) is 45.1 Å². The third-order valence-corrected chi connectivity index (χ3v) is 6.95. The number of H-pyrrole nitrogens is 1. The Morgan fingerprint density at radius 1 is 0.806 bits per heavy atom. The first-order valence-corrected chi connectivity index (χ1v) is 12.9. The Bertz CT molecular complexity index is 1790. The molecule has 6 rings (SSSR count). The Hall–Kier alpha value is -4.20. The third-order valence-electron chi connectivity index (χ3n) is 6.10. The second kappa shape index (κ2) is 9.45. The Morgan fingerprint density at radius 3 is 2.11 bits per heavy atom. The van der Waals surface area contributed by atoms with Crippen LogP contribution in [0.1, 0.15) is 16.8 Å². The molecular weight excluding hydrogens is 472 g/mol. The zero-order chi connectivity index (χ0) is 25.3. The SMILES string of the molecule is Cc1ccc(S(=O)(=O)[O-])cc1.Oc1c2ccccc2n2c1c(Cc1ccccc1)[nH+]c1ccccc12. The minimum Gasteiger partial charge on any atom is -0.744 e. The summed E-state index contributed by atoms with van der Waals surface area (Å²) in [6.45, 7) is 1.82. The van der Waals surface area contributed by atoms with E-state index in [2.05, 4.69) is 39.7 Å². The fourth-order valence-corrected chi connectivity index (χ4v) is 4.85. The molecule has 0 aliphatic rings. The largest absolute Gasteiger partial charge is 0.744 e. The molecule has 0 amide bonds. The monoisotopic (exact) mass is 496 g/mol. The van der Waals surface area contributed by atoms with E-state index in [1.165, 1.54) is 17.7 Å². The first-order chi connectivity index (χ1) is 17.3. The minimum atomic E-state index is -4.27. The summed E-state index contributed by atoms with van der Waals surface area (Å²) in [6, 6.07) is 32.3. The molecule has 0 unspecified atom stereocenters. The molecule has 4 aromatic carbocycles. The number of hydrogen-bond acceptors (Lipinski definition) is 4. The van der Waals surface area contributed by atoms with E-state index >= 15 is 0 Å². The Labute approximate surface area is 208 Å². The maximum absolute atomic E-state index is 10.9. The highest BCUT2D eigenvalue weighted by atomic mass is 32.2. The molecule has 0 aliphatic heterocycles. The zero-order valence-electron chi connectivity index (χ0n) is 19.5. The predicted octanol–water partition coefficient (Wildman–Crippen LogP) is 5.26. The van der Waals surface area contributed by atoms with Gasteiger partial charge in [-0.2, -0.15) is 0 Å². The quantitative estimate of drug-likeness (QED) is 0.338. The molecule has 0 saturated carbocycles. The average molecular weight is 497 g/mol. The molecule has 7 heteroatoms. The molecule has 0 fully saturated rings. The summed E-state index contributed by atoms with van der Waals surface area (Å²) in [5, 5.41) is 11.8. The smallest absolute Gasteiger partial charge is 0.228 e. The van der Waals surface area contributed by atoms with Gasteiger partial charge < -0.3 is 9.66 Å². The lowest BCUT2D eigenvalue weighted by molar-refractivity contribution is -0.355. The van der Waals surface area contributed by atoms with Gasteiger partial charge in [0.25, 0.3) is 0 Å². The van der Waals surface area contributed by atoms with Gasteiger partial charge in [0.15, 0.2) is 11.3 Å². The summed E-state index contributed by atoms with van der Waals surface area (Å²) >= 11 is 0. The van der Waals surface area contributed by atoms with E-state index < -0.39 is 10.1 Å². The Balaban J connectivity index is 0.000000205. The molecule has 0 radical (unpaired) electrons. The van der Waals surface area contributed by atoms with Crippen molar-refractivity contribution in [2.75, 3.05) is 0 Å². The van der Waals surface area contributed by atoms with Crippen molar-refractivity contribution in [1.82, 2.24) is 4.40 Å². The first kappa shape index (κ1) is 23.5. The van der Waals surface area contributed by atoms with Gasteiger partial charge in [0.2, 0.25) is 11.2 Å². The Kier molecular flexibility index (Phi) is 6.18. The van der Waals surface area contributed by atoms with Gasteiger partial charge in [0.1, 0.15) is 15.6 Å². The van der Waals surface area contributed by atoms with Gasteiger partial charge in [-0.25, -0.2) is 13.4 Å². The number of nitrogens with one attached hydrogen (secondary N) is 1. The first-order valence-electron chi connectivity index (χ1n) is 11.4. The molecule has 36 heavy (non-hydrogen) atoms. The topological polar surface area (TPSA) is 96.0 Å². The maximum atomic E-state index is 10.9. The fourth-order valence-electron chi connectivity index (χ4n) is 4.38. The van der Waals surface area contributed by atoms with Crippen molar-refractivity contribution < 1.29 is 23.1 Å². The molecule has 0 saturated heterocycles. The van der Waals surface area contributed by atoms with Crippen LogP contribution in [0.2, 0.25) is 0 Å². The number of fused-ring (bicyclic) bond motifs is 5. The molecule has 2 aromatic heterocycles. The van der Waals surface area contributed by atoms with Crippen molar-refractivity contribution in [2.45, 2.75) is 18.2 Å². The van der Waals surface area contributed by atoms with Crippen molar-refractivity contribution >= 4 is 37.6 Å². The van der Waals surface area contributed by atoms with E-state index in [1.807, 2.05) is 55.5 Å². The summed E-state index contributed by atoms with van der Waals surface area (Å²) in [4.78, 5) is 3.36. The van der Waals surface area contributed by atoms with Crippen molar-refractivity contribution in [3.05, 3.63) is 120 Å². The number of aromatic nitrogens is 2. The summed E-state index contributed by atoms with van der Waals surface area (Å²) < 4.78 is 33.3. The number of aromatic amines is 1. The van der Waals surface area contributed by atoms with Crippen LogP contribution in [0.3, 0.4) is 0 Å². The van der Waals surface area contributed by atoms with Gasteiger partial charge in [0.05, 0.1) is 16.8 Å². The van der Waals surface area contributed by atoms with E-state index in [0.29, 0.717) is 5.75 Å². The average Bonchev–Trinajstić information content (AvgIpc) is 3.18. The van der Waals surface area contributed by atoms with Crippen LogP contribution in [0, 0.1) is 6.92 Å². The molecule has 6 nitrogen and oxygen atoms in total. The molecule has 180 valence electrons. The fraction of sp³-hybridized carbons (Fsp3) is 0.0690. The van der Waals surface area contributed by atoms with E-state index in [-0.39, 0.29) is 4.90 Å². The number of aryl methyl sites for hydroxylation is 1.